The van der Waals surface area contributed by atoms with Crippen LogP contribution in [0.3, 0.4) is 0 Å². The number of likely N-dealkylation sites (tertiary alicyclic amines) is 1. The van der Waals surface area contributed by atoms with E-state index in [-0.39, 0.29) is 6.03 Å². The molecule has 0 aromatic heterocycles. The van der Waals surface area contributed by atoms with Gasteiger partial charge in [0.2, 0.25) is 0 Å². The van der Waals surface area contributed by atoms with Crippen LogP contribution < -0.4 is 5.32 Å². The van der Waals surface area contributed by atoms with Crippen LogP contribution in [0.15, 0.2) is 0 Å². The molecule has 0 bridgehead atoms. The molecule has 0 unspecified atom stereocenters. The summed E-state index contributed by atoms with van der Waals surface area (Å²) in [5.74, 6) is 0.662. The number of carbonyl (C=O) groups is 1. The number of urea groups is 1. The van der Waals surface area contributed by atoms with Gasteiger partial charge in [-0.05, 0) is 44.6 Å². The zero-order valence-electron chi connectivity index (χ0n) is 14.2. The van der Waals surface area contributed by atoms with Gasteiger partial charge in [-0.25, -0.2) is 4.79 Å². The Kier molecular flexibility index (Phi) is 5.61. The van der Waals surface area contributed by atoms with E-state index in [0.29, 0.717) is 12.0 Å². The molecule has 1 heterocycles. The van der Waals surface area contributed by atoms with E-state index >= 15 is 0 Å². The van der Waals surface area contributed by atoms with Gasteiger partial charge in [0.05, 0.1) is 0 Å². The molecule has 3 fully saturated rings. The smallest absolute Gasteiger partial charge is 0.317 e. The molecule has 0 spiro atoms. The number of amides is 2. The van der Waals surface area contributed by atoms with Crippen molar-refractivity contribution in [1.29, 1.82) is 0 Å². The van der Waals surface area contributed by atoms with Crippen molar-refractivity contribution in [3.05, 3.63) is 0 Å². The SMILES string of the molecule is CN(C(=O)NC[C@H]1CCN(C2CC2)C1)C1CCCCCCC1. The number of hydrogen-bond donors (Lipinski definition) is 1. The Morgan fingerprint density at radius 3 is 2.41 bits per heavy atom. The van der Waals surface area contributed by atoms with E-state index in [1.54, 1.807) is 0 Å². The lowest BCUT2D eigenvalue weighted by atomic mass is 9.96. The predicted molar refractivity (Wildman–Crippen MR) is 90.0 cm³/mol. The molecule has 4 nitrogen and oxygen atoms in total. The van der Waals surface area contributed by atoms with Crippen molar-refractivity contribution in [3.8, 4) is 0 Å². The Bertz CT molecular complexity index is 361. The molecule has 2 saturated carbocycles. The summed E-state index contributed by atoms with van der Waals surface area (Å²) in [6.45, 7) is 3.29. The zero-order chi connectivity index (χ0) is 15.4. The number of nitrogens with one attached hydrogen (secondary N) is 1. The molecule has 1 N–H and O–H groups in total. The van der Waals surface area contributed by atoms with Gasteiger partial charge in [0.1, 0.15) is 0 Å². The van der Waals surface area contributed by atoms with Crippen LogP contribution >= 0.6 is 0 Å². The Labute approximate surface area is 135 Å². The minimum atomic E-state index is 0.149. The Balaban J connectivity index is 1.38. The van der Waals surface area contributed by atoms with Crippen LogP contribution in [0.25, 0.3) is 0 Å². The second-order valence-electron chi connectivity index (χ2n) is 7.68. The minimum Gasteiger partial charge on any atom is -0.338 e. The molecule has 0 aromatic rings. The molecule has 3 aliphatic rings. The van der Waals surface area contributed by atoms with Gasteiger partial charge in [-0.1, -0.05) is 32.1 Å². The largest absolute Gasteiger partial charge is 0.338 e. The number of nitrogens with zero attached hydrogens (tertiary/aromatic N) is 2. The molecular formula is C18H33N3O. The zero-order valence-corrected chi connectivity index (χ0v) is 14.2. The fourth-order valence-corrected chi connectivity index (χ4v) is 4.14. The van der Waals surface area contributed by atoms with Crippen LogP contribution in [0.4, 0.5) is 4.79 Å². The van der Waals surface area contributed by atoms with E-state index in [9.17, 15) is 4.79 Å². The summed E-state index contributed by atoms with van der Waals surface area (Å²) in [7, 11) is 1.99. The van der Waals surface area contributed by atoms with Gasteiger partial charge in [0, 0.05) is 32.2 Å². The third-order valence-electron chi connectivity index (χ3n) is 5.87. The number of carbonyl (C=O) groups excluding carboxylic acids is 1. The van der Waals surface area contributed by atoms with Crippen molar-refractivity contribution in [2.45, 2.75) is 76.3 Å². The number of hydrogen-bond acceptors (Lipinski definition) is 2. The standard InChI is InChI=1S/C18H33N3O/c1-20(16-7-5-3-2-4-6-8-16)18(22)19-13-15-11-12-21(14-15)17-9-10-17/h15-17H,2-14H2,1H3,(H,19,22)/t15-/m1/s1. The summed E-state index contributed by atoms with van der Waals surface area (Å²) in [5, 5.41) is 3.20. The maximum Gasteiger partial charge on any atom is 0.317 e. The normalized spacial score (nSPS) is 28.1. The molecule has 1 atom stereocenters. The van der Waals surface area contributed by atoms with Crippen LogP contribution in [0, 0.1) is 5.92 Å². The molecule has 1 saturated heterocycles. The number of rotatable bonds is 4. The van der Waals surface area contributed by atoms with Gasteiger partial charge >= 0.3 is 6.03 Å². The van der Waals surface area contributed by atoms with Gasteiger partial charge in [-0.15, -0.1) is 0 Å². The lowest BCUT2D eigenvalue weighted by Crippen LogP contribution is -2.45. The first kappa shape index (κ1) is 16.1. The minimum absolute atomic E-state index is 0.149. The molecule has 4 heteroatoms. The fraction of sp³-hybridized carbons (Fsp3) is 0.944. The average molecular weight is 307 g/mol. The molecule has 3 rings (SSSR count). The first-order valence-electron chi connectivity index (χ1n) is 9.49. The third-order valence-corrected chi connectivity index (χ3v) is 5.87. The Morgan fingerprint density at radius 2 is 1.73 bits per heavy atom. The van der Waals surface area contributed by atoms with Crippen molar-refractivity contribution in [3.63, 3.8) is 0 Å². The fourth-order valence-electron chi connectivity index (χ4n) is 4.14. The van der Waals surface area contributed by atoms with E-state index in [0.717, 1.165) is 12.6 Å². The monoisotopic (exact) mass is 307 g/mol. The van der Waals surface area contributed by atoms with Crippen LogP contribution in [0.1, 0.15) is 64.2 Å². The van der Waals surface area contributed by atoms with Crippen molar-refractivity contribution in [1.82, 2.24) is 15.1 Å². The van der Waals surface area contributed by atoms with Crippen molar-refractivity contribution >= 4 is 6.03 Å². The van der Waals surface area contributed by atoms with Crippen LogP contribution in [0.2, 0.25) is 0 Å². The van der Waals surface area contributed by atoms with E-state index < -0.39 is 0 Å². The van der Waals surface area contributed by atoms with E-state index in [1.165, 1.54) is 77.3 Å². The molecule has 0 radical (unpaired) electrons. The van der Waals surface area contributed by atoms with Crippen LogP contribution in [0.5, 0.6) is 0 Å². The van der Waals surface area contributed by atoms with Gasteiger partial charge in [-0.2, -0.15) is 0 Å². The Hall–Kier alpha value is -0.770. The van der Waals surface area contributed by atoms with Gasteiger partial charge < -0.3 is 15.1 Å². The van der Waals surface area contributed by atoms with Gasteiger partial charge in [-0.3, -0.25) is 0 Å². The lowest BCUT2D eigenvalue weighted by Gasteiger charge is -2.30. The van der Waals surface area contributed by atoms with Crippen molar-refractivity contribution < 1.29 is 4.79 Å². The summed E-state index contributed by atoms with van der Waals surface area (Å²) in [6, 6.07) is 1.47. The Morgan fingerprint density at radius 1 is 1.05 bits per heavy atom. The first-order valence-corrected chi connectivity index (χ1v) is 9.49. The second-order valence-corrected chi connectivity index (χ2v) is 7.68. The molecule has 2 amide bonds. The summed E-state index contributed by atoms with van der Waals surface area (Å²) >= 11 is 0. The average Bonchev–Trinajstić information content (AvgIpc) is 3.23. The van der Waals surface area contributed by atoms with Crippen molar-refractivity contribution in [2.24, 2.45) is 5.92 Å². The highest BCUT2D eigenvalue weighted by Gasteiger charge is 2.34. The highest BCUT2D eigenvalue weighted by Crippen LogP contribution is 2.31. The van der Waals surface area contributed by atoms with Gasteiger partial charge in [0.15, 0.2) is 0 Å². The first-order chi connectivity index (χ1) is 10.7. The third kappa shape index (κ3) is 4.37. The van der Waals surface area contributed by atoms with Crippen LogP contribution in [-0.2, 0) is 0 Å². The molecular weight excluding hydrogens is 274 g/mol. The molecule has 1 aliphatic heterocycles. The summed E-state index contributed by atoms with van der Waals surface area (Å²) in [5.41, 5.74) is 0. The maximum atomic E-state index is 12.4. The maximum absolute atomic E-state index is 12.4. The van der Waals surface area contributed by atoms with E-state index in [2.05, 4.69) is 10.2 Å². The van der Waals surface area contributed by atoms with Crippen molar-refractivity contribution in [2.75, 3.05) is 26.7 Å². The molecule has 126 valence electrons. The predicted octanol–water partition coefficient (Wildman–Crippen LogP) is 3.23. The second kappa shape index (κ2) is 7.67. The van der Waals surface area contributed by atoms with E-state index in [4.69, 9.17) is 0 Å². The summed E-state index contributed by atoms with van der Waals surface area (Å²) < 4.78 is 0. The van der Waals surface area contributed by atoms with Crippen LogP contribution in [-0.4, -0.2) is 54.6 Å². The molecule has 2 aliphatic carbocycles. The summed E-state index contributed by atoms with van der Waals surface area (Å²) in [4.78, 5) is 17.0. The molecule has 0 aromatic carbocycles. The highest BCUT2D eigenvalue weighted by atomic mass is 16.2. The van der Waals surface area contributed by atoms with E-state index in [1.807, 2.05) is 11.9 Å². The quantitative estimate of drug-likeness (QED) is 0.865. The topological polar surface area (TPSA) is 35.6 Å². The highest BCUT2D eigenvalue weighted by molar-refractivity contribution is 5.74. The summed E-state index contributed by atoms with van der Waals surface area (Å²) in [6.07, 6.45) is 13.0. The molecule has 22 heavy (non-hydrogen) atoms. The van der Waals surface area contributed by atoms with Gasteiger partial charge in [0.25, 0.3) is 0 Å². The lowest BCUT2D eigenvalue weighted by molar-refractivity contribution is 0.176.